The van der Waals surface area contributed by atoms with Gasteiger partial charge < -0.3 is 37.9 Å². The lowest BCUT2D eigenvalue weighted by molar-refractivity contribution is 0.00578. The van der Waals surface area contributed by atoms with Crippen molar-refractivity contribution in [2.24, 2.45) is 0 Å². The Labute approximate surface area is 299 Å². The zero-order chi connectivity index (χ0) is 35.7. The maximum Gasteiger partial charge on any atom is 0.497 e. The lowest BCUT2D eigenvalue weighted by atomic mass is 9.49. The largest absolute Gasteiger partial charge is 0.497 e. The van der Waals surface area contributed by atoms with Gasteiger partial charge in [0.05, 0.1) is 39.1 Å². The van der Waals surface area contributed by atoms with Crippen molar-refractivity contribution in [1.82, 2.24) is 9.97 Å². The molecule has 0 spiro atoms. The predicted molar refractivity (Wildman–Crippen MR) is 199 cm³/mol. The minimum absolute atomic E-state index is 0. The van der Waals surface area contributed by atoms with Crippen molar-refractivity contribution in [2.75, 3.05) is 0 Å². The lowest BCUT2D eigenvalue weighted by Crippen LogP contribution is -2.41. The second-order valence-corrected chi connectivity index (χ2v) is 16.5. The molecule has 0 unspecified atom stereocenters. The van der Waals surface area contributed by atoms with E-state index in [1.807, 2.05) is 95.2 Å². The molecule has 2 aromatic heterocycles. The first-order valence-electron chi connectivity index (χ1n) is 16.2. The summed E-state index contributed by atoms with van der Waals surface area (Å²) in [4.78, 5) is 6.12. The van der Waals surface area contributed by atoms with E-state index in [2.05, 4.69) is 25.9 Å². The van der Waals surface area contributed by atoms with Gasteiger partial charge in [0.15, 0.2) is 0 Å². The lowest BCUT2D eigenvalue weighted by Gasteiger charge is -2.32. The molecule has 3 saturated heterocycles. The van der Waals surface area contributed by atoms with Gasteiger partial charge >= 0.3 is 21.1 Å². The molecule has 0 aliphatic carbocycles. The van der Waals surface area contributed by atoms with Gasteiger partial charge in [0.1, 0.15) is 11.6 Å². The molecule has 4 aromatic rings. The van der Waals surface area contributed by atoms with Crippen LogP contribution < -0.4 is 5.46 Å². The van der Waals surface area contributed by atoms with Gasteiger partial charge in [-0.3, -0.25) is 0 Å². The molecule has 0 amide bonds. The quantitative estimate of drug-likeness (QED) is 0.200. The highest BCUT2D eigenvalue weighted by atomic mass is 79.9. The number of fused-ring (bicyclic) bond motifs is 2. The molecule has 2 N–H and O–H groups in total. The van der Waals surface area contributed by atoms with Gasteiger partial charge in [-0.25, -0.2) is 8.78 Å². The molecule has 266 valence electrons. The van der Waals surface area contributed by atoms with E-state index in [0.29, 0.717) is 5.46 Å². The number of halogens is 3. The summed E-state index contributed by atoms with van der Waals surface area (Å²) in [7, 11) is -1.51. The highest BCUT2D eigenvalue weighted by molar-refractivity contribution is 9.10. The number of aromatic nitrogens is 2. The molecule has 0 saturated carbocycles. The van der Waals surface area contributed by atoms with Gasteiger partial charge in [-0.1, -0.05) is 7.43 Å². The Morgan fingerprint density at radius 1 is 0.531 bits per heavy atom. The van der Waals surface area contributed by atoms with Crippen molar-refractivity contribution >= 4 is 64.3 Å². The number of hydrogen-bond acceptors (Lipinski definition) is 6. The molecule has 3 aliphatic rings. The van der Waals surface area contributed by atoms with E-state index in [1.54, 1.807) is 12.4 Å². The topological polar surface area (TPSA) is 87.0 Å². The summed E-state index contributed by atoms with van der Waals surface area (Å²) in [5.41, 5.74) is 0.210. The van der Waals surface area contributed by atoms with E-state index in [0.717, 1.165) is 26.3 Å². The highest BCUT2D eigenvalue weighted by Gasteiger charge is 2.63. The molecular formula is C35H50B3BrF2N2O6. The first-order valence-corrected chi connectivity index (χ1v) is 17.0. The zero-order valence-electron chi connectivity index (χ0n) is 29.9. The van der Waals surface area contributed by atoms with Gasteiger partial charge in [-0.15, -0.1) is 0 Å². The SMILES string of the molecule is C.CC1(C)OB(B2OC(C)(C)C(C)(C)O2)OC1(C)C.CC1(C)OB(c2cc(F)cc3cc[nH]c23)OC1(C)C.Fc1cc(Br)c2[nH]ccc2c1. The van der Waals surface area contributed by atoms with Crippen LogP contribution in [0, 0.1) is 11.6 Å². The fraction of sp³-hybridized carbons (Fsp3) is 0.543. The smallest absolute Gasteiger partial charge is 0.405 e. The van der Waals surface area contributed by atoms with Crippen molar-refractivity contribution in [1.29, 1.82) is 0 Å². The molecule has 14 heteroatoms. The Hall–Kier alpha value is -2.19. The fourth-order valence-electron chi connectivity index (χ4n) is 5.41. The third kappa shape index (κ3) is 7.71. The third-order valence-electron chi connectivity index (χ3n) is 10.5. The molecule has 5 heterocycles. The normalized spacial score (nSPS) is 22.4. The Morgan fingerprint density at radius 3 is 1.31 bits per heavy atom. The average molecular weight is 745 g/mol. The van der Waals surface area contributed by atoms with Crippen LogP contribution in [0.1, 0.15) is 90.5 Å². The van der Waals surface area contributed by atoms with E-state index in [9.17, 15) is 8.78 Å². The molecule has 7 rings (SSSR count). The molecule has 3 aliphatic heterocycles. The number of hydrogen-bond donors (Lipinski definition) is 2. The molecule has 0 atom stereocenters. The van der Waals surface area contributed by atoms with E-state index in [1.165, 1.54) is 24.3 Å². The van der Waals surface area contributed by atoms with Gasteiger partial charge in [-0.05, 0) is 135 Å². The maximum absolute atomic E-state index is 13.7. The van der Waals surface area contributed by atoms with Crippen LogP contribution in [0.2, 0.25) is 0 Å². The Kier molecular flexibility index (Phi) is 10.8. The van der Waals surface area contributed by atoms with Crippen LogP contribution >= 0.6 is 15.9 Å². The van der Waals surface area contributed by atoms with Gasteiger partial charge in [0.2, 0.25) is 0 Å². The summed E-state index contributed by atoms with van der Waals surface area (Å²) >= 11 is 3.26. The van der Waals surface area contributed by atoms with Gasteiger partial charge in [0, 0.05) is 38.6 Å². The minimum atomic E-state index is -0.554. The van der Waals surface area contributed by atoms with E-state index >= 15 is 0 Å². The standard InChI is InChI=1S/C14H17BFNO2.C12H24B2O4.C8H5BrFN.CH4/c1-13(2)14(3,4)19-15(18-13)11-8-10(16)7-9-5-6-17-12(9)11;1-9(2)10(3,4)16-13(15-9)14-17-11(5,6)12(7,8)18-14;9-7-4-6(10)3-5-1-2-11-8(5)7;/h5-8,17H,1-4H3;1-8H3;1-4,11H;1H4. The van der Waals surface area contributed by atoms with Crippen molar-refractivity contribution in [3.05, 3.63) is 64.9 Å². The van der Waals surface area contributed by atoms with Crippen LogP contribution in [-0.4, -0.2) is 64.7 Å². The second-order valence-electron chi connectivity index (χ2n) is 15.6. The van der Waals surface area contributed by atoms with E-state index in [-0.39, 0.29) is 41.5 Å². The first-order chi connectivity index (χ1) is 22.0. The van der Waals surface area contributed by atoms with E-state index in [4.69, 9.17) is 27.9 Å². The summed E-state index contributed by atoms with van der Waals surface area (Å²) in [5.74, 6) is -0.499. The van der Waals surface area contributed by atoms with Gasteiger partial charge in [-0.2, -0.15) is 0 Å². The fourth-order valence-corrected chi connectivity index (χ4v) is 5.97. The minimum Gasteiger partial charge on any atom is -0.405 e. The molecular weight excluding hydrogens is 695 g/mol. The zero-order valence-corrected chi connectivity index (χ0v) is 31.5. The van der Waals surface area contributed by atoms with Crippen LogP contribution in [0.5, 0.6) is 0 Å². The van der Waals surface area contributed by atoms with Crippen molar-refractivity contribution in [2.45, 2.75) is 124 Å². The number of benzene rings is 2. The number of aromatic amines is 2. The van der Waals surface area contributed by atoms with Crippen molar-refractivity contribution in [3.63, 3.8) is 0 Å². The molecule has 0 radical (unpaired) electrons. The predicted octanol–water partition coefficient (Wildman–Crippen LogP) is 8.56. The van der Waals surface area contributed by atoms with Crippen LogP contribution in [0.4, 0.5) is 8.78 Å². The Bertz CT molecular complexity index is 1710. The van der Waals surface area contributed by atoms with Crippen LogP contribution in [0.3, 0.4) is 0 Å². The monoisotopic (exact) mass is 744 g/mol. The number of rotatable bonds is 2. The number of H-pyrrole nitrogens is 2. The first kappa shape index (κ1) is 39.6. The summed E-state index contributed by atoms with van der Waals surface area (Å²) < 4.78 is 63.0. The molecule has 8 nitrogen and oxygen atoms in total. The molecule has 3 fully saturated rings. The van der Waals surface area contributed by atoms with Crippen LogP contribution in [-0.2, 0) is 27.9 Å². The summed E-state index contributed by atoms with van der Waals surface area (Å²) in [6.45, 7) is 24.1. The Morgan fingerprint density at radius 2 is 0.878 bits per heavy atom. The third-order valence-corrected chi connectivity index (χ3v) is 11.1. The number of nitrogens with one attached hydrogen (secondary N) is 2. The Balaban J connectivity index is 0.000000169. The van der Waals surface area contributed by atoms with Crippen molar-refractivity contribution < 1.29 is 36.7 Å². The van der Waals surface area contributed by atoms with E-state index < -0.39 is 32.3 Å². The van der Waals surface area contributed by atoms with Gasteiger partial charge in [0.25, 0.3) is 0 Å². The second kappa shape index (κ2) is 13.4. The molecule has 2 aromatic carbocycles. The highest BCUT2D eigenvalue weighted by Crippen LogP contribution is 2.43. The summed E-state index contributed by atoms with van der Waals surface area (Å²) in [6, 6.07) is 9.59. The average Bonchev–Trinajstić information content (AvgIpc) is 3.71. The molecule has 0 bridgehead atoms. The maximum atomic E-state index is 13.7. The van der Waals surface area contributed by atoms with Crippen molar-refractivity contribution in [3.8, 4) is 0 Å². The summed E-state index contributed by atoms with van der Waals surface area (Å²) in [6.07, 6.45) is 3.58. The summed E-state index contributed by atoms with van der Waals surface area (Å²) in [5, 5.41) is 1.71. The molecule has 49 heavy (non-hydrogen) atoms. The van der Waals surface area contributed by atoms with Crippen LogP contribution in [0.15, 0.2) is 53.3 Å². The van der Waals surface area contributed by atoms with Crippen LogP contribution in [0.25, 0.3) is 21.8 Å².